The van der Waals surface area contributed by atoms with E-state index in [2.05, 4.69) is 4.90 Å². The molecule has 1 atom stereocenters. The van der Waals surface area contributed by atoms with E-state index in [1.807, 2.05) is 6.07 Å². The van der Waals surface area contributed by atoms with Gasteiger partial charge in [0.05, 0.1) is 10.8 Å². The fourth-order valence-corrected chi connectivity index (χ4v) is 6.88. The molecular formula is C22H32N2O3S. The van der Waals surface area contributed by atoms with Crippen LogP contribution in [-0.2, 0) is 14.8 Å². The van der Waals surface area contributed by atoms with Gasteiger partial charge in [0, 0.05) is 25.2 Å². The van der Waals surface area contributed by atoms with Crippen molar-refractivity contribution in [1.82, 2.24) is 9.21 Å². The molecule has 5 nitrogen and oxygen atoms in total. The highest BCUT2D eigenvalue weighted by Gasteiger charge is 2.40. The summed E-state index contributed by atoms with van der Waals surface area (Å²) >= 11 is 0. The number of hydrogen-bond acceptors (Lipinski definition) is 3. The molecule has 4 rings (SSSR count). The van der Waals surface area contributed by atoms with E-state index >= 15 is 0 Å². The van der Waals surface area contributed by atoms with Crippen molar-refractivity contribution in [2.24, 2.45) is 5.92 Å². The highest BCUT2D eigenvalue weighted by Crippen LogP contribution is 2.34. The third-order valence-electron chi connectivity index (χ3n) is 6.81. The van der Waals surface area contributed by atoms with E-state index in [4.69, 9.17) is 0 Å². The van der Waals surface area contributed by atoms with Crippen molar-refractivity contribution in [1.29, 1.82) is 0 Å². The molecule has 1 unspecified atom stereocenters. The van der Waals surface area contributed by atoms with Crippen LogP contribution in [0.4, 0.5) is 0 Å². The van der Waals surface area contributed by atoms with Crippen LogP contribution in [-0.4, -0.2) is 48.7 Å². The quantitative estimate of drug-likeness (QED) is 0.750. The first-order valence-electron chi connectivity index (χ1n) is 10.9. The number of nitrogens with zero attached hydrogens (tertiary/aromatic N) is 2. The smallest absolute Gasteiger partial charge is 0.243 e. The predicted molar refractivity (Wildman–Crippen MR) is 109 cm³/mol. The van der Waals surface area contributed by atoms with E-state index in [0.29, 0.717) is 30.1 Å². The Labute approximate surface area is 169 Å². The topological polar surface area (TPSA) is 57.7 Å². The van der Waals surface area contributed by atoms with Gasteiger partial charge in [-0.05, 0) is 50.7 Å². The number of benzene rings is 1. The lowest BCUT2D eigenvalue weighted by Crippen LogP contribution is -2.52. The summed E-state index contributed by atoms with van der Waals surface area (Å²) in [5.74, 6) is 0.0141. The zero-order valence-corrected chi connectivity index (χ0v) is 17.4. The van der Waals surface area contributed by atoms with Crippen molar-refractivity contribution in [3.63, 3.8) is 0 Å². The Kier molecular flexibility index (Phi) is 6.07. The average Bonchev–Trinajstić information content (AvgIpc) is 3.44. The van der Waals surface area contributed by atoms with Gasteiger partial charge in [0.25, 0.3) is 0 Å². The molecule has 1 amide bonds. The van der Waals surface area contributed by atoms with Crippen molar-refractivity contribution in [3.05, 3.63) is 30.3 Å². The Morgan fingerprint density at radius 1 is 0.857 bits per heavy atom. The molecule has 1 aromatic rings. The Bertz CT molecular complexity index is 752. The molecule has 2 saturated carbocycles. The van der Waals surface area contributed by atoms with Gasteiger partial charge in [0.15, 0.2) is 0 Å². The average molecular weight is 405 g/mol. The number of sulfonamides is 1. The standard InChI is InChI=1S/C22H32N2O3S/c25-22(24(19-10-4-5-11-19)20-12-6-7-13-20)18-9-8-16-23(17-18)28(26,27)21-14-2-1-3-15-21/h1-3,14-15,18-20H,4-13,16-17H2. The number of amides is 1. The minimum atomic E-state index is -3.53. The second kappa shape index (κ2) is 8.54. The summed E-state index contributed by atoms with van der Waals surface area (Å²) in [5, 5.41) is 0. The Hall–Kier alpha value is -1.40. The second-order valence-corrected chi connectivity index (χ2v) is 10.6. The predicted octanol–water partition coefficient (Wildman–Crippen LogP) is 3.80. The molecule has 1 heterocycles. The van der Waals surface area contributed by atoms with Gasteiger partial charge in [0.2, 0.25) is 15.9 Å². The van der Waals surface area contributed by atoms with Crippen LogP contribution < -0.4 is 0 Å². The lowest BCUT2D eigenvalue weighted by atomic mass is 9.95. The van der Waals surface area contributed by atoms with Gasteiger partial charge < -0.3 is 4.90 Å². The second-order valence-electron chi connectivity index (χ2n) is 8.64. The van der Waals surface area contributed by atoms with Crippen molar-refractivity contribution >= 4 is 15.9 Å². The monoisotopic (exact) mass is 404 g/mol. The van der Waals surface area contributed by atoms with Gasteiger partial charge in [-0.1, -0.05) is 43.9 Å². The summed E-state index contributed by atoms with van der Waals surface area (Å²) in [5.41, 5.74) is 0. The van der Waals surface area contributed by atoms with Crippen LogP contribution >= 0.6 is 0 Å². The lowest BCUT2D eigenvalue weighted by molar-refractivity contribution is -0.141. The van der Waals surface area contributed by atoms with Crippen LogP contribution in [0, 0.1) is 5.92 Å². The van der Waals surface area contributed by atoms with Crippen LogP contribution in [0.5, 0.6) is 0 Å². The lowest BCUT2D eigenvalue weighted by Gasteiger charge is -2.40. The maximum atomic E-state index is 13.6. The molecule has 6 heteroatoms. The zero-order valence-electron chi connectivity index (χ0n) is 16.6. The molecule has 2 aliphatic carbocycles. The summed E-state index contributed by atoms with van der Waals surface area (Å²) < 4.78 is 27.6. The molecule has 1 saturated heterocycles. The fraction of sp³-hybridized carbons (Fsp3) is 0.682. The number of hydrogen-bond donors (Lipinski definition) is 0. The summed E-state index contributed by atoms with van der Waals surface area (Å²) in [6, 6.07) is 9.35. The van der Waals surface area contributed by atoms with E-state index < -0.39 is 10.0 Å². The normalized spacial score (nSPS) is 25.2. The molecule has 0 bridgehead atoms. The van der Waals surface area contributed by atoms with Gasteiger partial charge in [0.1, 0.15) is 0 Å². The molecule has 3 fully saturated rings. The van der Waals surface area contributed by atoms with Crippen LogP contribution in [0.3, 0.4) is 0 Å². The SMILES string of the molecule is O=C(C1CCCN(S(=O)(=O)c2ccccc2)C1)N(C1CCCC1)C1CCCC1. The van der Waals surface area contributed by atoms with Crippen LogP contribution in [0.1, 0.15) is 64.2 Å². The maximum absolute atomic E-state index is 13.6. The number of carbonyl (C=O) groups excluding carboxylic acids is 1. The summed E-state index contributed by atoms with van der Waals surface area (Å²) in [6.45, 7) is 0.833. The molecule has 1 aromatic carbocycles. The van der Waals surface area contributed by atoms with Gasteiger partial charge in [-0.2, -0.15) is 4.31 Å². The summed E-state index contributed by atoms with van der Waals surface area (Å²) in [6.07, 6.45) is 10.8. The third-order valence-corrected chi connectivity index (χ3v) is 8.68. The minimum absolute atomic E-state index is 0.201. The Morgan fingerprint density at radius 2 is 1.43 bits per heavy atom. The van der Waals surface area contributed by atoms with Crippen molar-refractivity contribution < 1.29 is 13.2 Å². The molecular weight excluding hydrogens is 372 g/mol. The Morgan fingerprint density at radius 3 is 2.00 bits per heavy atom. The first-order chi connectivity index (χ1) is 13.6. The zero-order chi connectivity index (χ0) is 19.6. The fourth-order valence-electron chi connectivity index (χ4n) is 5.34. The summed E-state index contributed by atoms with van der Waals surface area (Å²) in [7, 11) is -3.53. The molecule has 28 heavy (non-hydrogen) atoms. The first kappa shape index (κ1) is 19.9. The van der Waals surface area contributed by atoms with Crippen molar-refractivity contribution in [2.75, 3.05) is 13.1 Å². The molecule has 0 radical (unpaired) electrons. The minimum Gasteiger partial charge on any atom is -0.336 e. The molecule has 1 aliphatic heterocycles. The molecule has 0 spiro atoms. The molecule has 0 aromatic heterocycles. The van der Waals surface area contributed by atoms with Gasteiger partial charge >= 0.3 is 0 Å². The van der Waals surface area contributed by atoms with E-state index in [1.54, 1.807) is 24.3 Å². The summed E-state index contributed by atoms with van der Waals surface area (Å²) in [4.78, 5) is 16.1. The molecule has 3 aliphatic rings. The van der Waals surface area contributed by atoms with Crippen LogP contribution in [0.2, 0.25) is 0 Å². The number of carbonyl (C=O) groups is 1. The largest absolute Gasteiger partial charge is 0.336 e. The van der Waals surface area contributed by atoms with Crippen LogP contribution in [0.15, 0.2) is 35.2 Å². The molecule has 0 N–H and O–H groups in total. The van der Waals surface area contributed by atoms with Gasteiger partial charge in [-0.25, -0.2) is 8.42 Å². The first-order valence-corrected chi connectivity index (χ1v) is 12.4. The van der Waals surface area contributed by atoms with E-state index in [1.165, 1.54) is 30.0 Å². The van der Waals surface area contributed by atoms with Gasteiger partial charge in [-0.3, -0.25) is 4.79 Å². The van der Waals surface area contributed by atoms with Gasteiger partial charge in [-0.15, -0.1) is 0 Å². The molecule has 154 valence electrons. The third kappa shape index (κ3) is 3.99. The van der Waals surface area contributed by atoms with Crippen molar-refractivity contribution in [3.8, 4) is 0 Å². The van der Waals surface area contributed by atoms with Crippen molar-refractivity contribution in [2.45, 2.75) is 81.2 Å². The highest BCUT2D eigenvalue weighted by atomic mass is 32.2. The van der Waals surface area contributed by atoms with E-state index in [9.17, 15) is 13.2 Å². The van der Waals surface area contributed by atoms with E-state index in [0.717, 1.165) is 38.5 Å². The highest BCUT2D eigenvalue weighted by molar-refractivity contribution is 7.89. The number of rotatable bonds is 5. The Balaban J connectivity index is 1.52. The number of piperidine rings is 1. The van der Waals surface area contributed by atoms with Crippen LogP contribution in [0.25, 0.3) is 0 Å². The maximum Gasteiger partial charge on any atom is 0.243 e. The van der Waals surface area contributed by atoms with E-state index in [-0.39, 0.29) is 11.8 Å².